The molecule has 0 radical (unpaired) electrons. The molecular formula is C21H25BrN2O4. The highest BCUT2D eigenvalue weighted by Gasteiger charge is 2.61. The average Bonchev–Trinajstić information content (AvgIpc) is 2.59. The van der Waals surface area contributed by atoms with Crippen LogP contribution in [-0.4, -0.2) is 29.9 Å². The van der Waals surface area contributed by atoms with Gasteiger partial charge in [0.2, 0.25) is 5.91 Å². The van der Waals surface area contributed by atoms with Crippen LogP contribution in [0, 0.1) is 17.3 Å². The molecule has 6 nitrogen and oxygen atoms in total. The van der Waals surface area contributed by atoms with E-state index in [9.17, 15) is 14.4 Å². The second kappa shape index (κ2) is 7.17. The van der Waals surface area contributed by atoms with Gasteiger partial charge in [0.05, 0.1) is 11.1 Å². The van der Waals surface area contributed by atoms with Crippen LogP contribution in [0.4, 0.5) is 5.69 Å². The van der Waals surface area contributed by atoms with Crippen molar-refractivity contribution < 1.29 is 19.1 Å². The van der Waals surface area contributed by atoms with Crippen molar-refractivity contribution in [1.29, 1.82) is 0 Å². The maximum absolute atomic E-state index is 13.0. The summed E-state index contributed by atoms with van der Waals surface area (Å²) in [6.07, 6.45) is 5.24. The van der Waals surface area contributed by atoms with E-state index in [2.05, 4.69) is 26.6 Å². The van der Waals surface area contributed by atoms with Crippen molar-refractivity contribution in [1.82, 2.24) is 5.32 Å². The molecule has 1 aromatic carbocycles. The summed E-state index contributed by atoms with van der Waals surface area (Å²) in [5, 5.41) is 5.89. The standard InChI is InChI=1S/C21H25BrN2O4/c1-13(25)24-21-9-14-6-15(10-21)8-20(7-14,12-21)19(27)28-11-18(26)23-17-5-3-2-4-16(17)22/h2-5,14-15H,6-12H2,1H3,(H,23,26)(H,24,25)/t14-,15-,20?,21?/m0/s1. The first-order valence-electron chi connectivity index (χ1n) is 9.80. The lowest BCUT2D eigenvalue weighted by molar-refractivity contribution is -0.176. The molecule has 0 aromatic heterocycles. The Hall–Kier alpha value is -1.89. The molecule has 0 spiro atoms. The highest BCUT2D eigenvalue weighted by molar-refractivity contribution is 9.10. The number of carbonyl (C=O) groups is 3. The Kier molecular flexibility index (Phi) is 4.98. The minimum absolute atomic E-state index is 0.0433. The SMILES string of the molecule is CC(=O)NC12C[C@H]3C[C@H](C1)CC(C(=O)OCC(=O)Nc1ccccc1Br)(C3)C2. The van der Waals surface area contributed by atoms with Gasteiger partial charge in [0.25, 0.3) is 5.91 Å². The number of nitrogens with one attached hydrogen (secondary N) is 2. The lowest BCUT2D eigenvalue weighted by atomic mass is 9.47. The molecule has 0 heterocycles. The summed E-state index contributed by atoms with van der Waals surface area (Å²) in [4.78, 5) is 37.0. The summed E-state index contributed by atoms with van der Waals surface area (Å²) in [6.45, 7) is 1.24. The Morgan fingerprint density at radius 2 is 1.82 bits per heavy atom. The first-order valence-corrected chi connectivity index (χ1v) is 10.6. The summed E-state index contributed by atoms with van der Waals surface area (Å²) in [5.41, 5.74) is -0.213. The molecule has 2 N–H and O–H groups in total. The van der Waals surface area contributed by atoms with Gasteiger partial charge < -0.3 is 15.4 Å². The van der Waals surface area contributed by atoms with Crippen LogP contribution in [0.5, 0.6) is 0 Å². The Morgan fingerprint density at radius 3 is 2.46 bits per heavy atom. The fraction of sp³-hybridized carbons (Fsp3) is 0.571. The highest BCUT2D eigenvalue weighted by atomic mass is 79.9. The third kappa shape index (κ3) is 3.69. The fourth-order valence-electron chi connectivity index (χ4n) is 6.05. The molecule has 0 saturated heterocycles. The van der Waals surface area contributed by atoms with Crippen LogP contribution in [0.1, 0.15) is 45.4 Å². The summed E-state index contributed by atoms with van der Waals surface area (Å²) < 4.78 is 6.24. The molecule has 2 atom stereocenters. The van der Waals surface area contributed by atoms with Crippen LogP contribution in [0.25, 0.3) is 0 Å². The summed E-state index contributed by atoms with van der Waals surface area (Å²) in [6, 6.07) is 7.29. The molecular weight excluding hydrogens is 424 g/mol. The van der Waals surface area contributed by atoms with Gasteiger partial charge in [-0.1, -0.05) is 12.1 Å². The van der Waals surface area contributed by atoms with E-state index in [1.165, 1.54) is 6.92 Å². The van der Waals surface area contributed by atoms with Crippen LogP contribution < -0.4 is 10.6 Å². The van der Waals surface area contributed by atoms with E-state index < -0.39 is 5.41 Å². The zero-order valence-corrected chi connectivity index (χ0v) is 17.5. The van der Waals surface area contributed by atoms with Crippen molar-refractivity contribution in [3.63, 3.8) is 0 Å². The minimum atomic E-state index is -0.569. The van der Waals surface area contributed by atoms with E-state index in [-0.39, 0.29) is 29.9 Å². The van der Waals surface area contributed by atoms with Crippen molar-refractivity contribution in [3.8, 4) is 0 Å². The monoisotopic (exact) mass is 448 g/mol. The number of ether oxygens (including phenoxy) is 1. The van der Waals surface area contributed by atoms with Gasteiger partial charge in [-0.25, -0.2) is 0 Å². The number of rotatable bonds is 5. The summed E-state index contributed by atoms with van der Waals surface area (Å²) in [7, 11) is 0. The number of carbonyl (C=O) groups excluding carboxylic acids is 3. The van der Waals surface area contributed by atoms with Crippen molar-refractivity contribution >= 4 is 39.4 Å². The normalized spacial score (nSPS) is 32.6. The summed E-state index contributed by atoms with van der Waals surface area (Å²) in [5.74, 6) is 0.183. The molecule has 150 valence electrons. The Labute approximate surface area is 172 Å². The van der Waals surface area contributed by atoms with Gasteiger partial charge in [-0.2, -0.15) is 0 Å². The van der Waals surface area contributed by atoms with Crippen molar-refractivity contribution in [2.75, 3.05) is 11.9 Å². The molecule has 1 aromatic rings. The van der Waals surface area contributed by atoms with Crippen molar-refractivity contribution in [3.05, 3.63) is 28.7 Å². The van der Waals surface area contributed by atoms with Crippen molar-refractivity contribution in [2.24, 2.45) is 17.3 Å². The molecule has 5 rings (SSSR count). The van der Waals surface area contributed by atoms with Gasteiger partial charge in [-0.15, -0.1) is 0 Å². The van der Waals surface area contributed by atoms with Gasteiger partial charge >= 0.3 is 5.97 Å². The first kappa shape index (κ1) is 19.4. The topological polar surface area (TPSA) is 84.5 Å². The van der Waals surface area contributed by atoms with Crippen LogP contribution in [0.2, 0.25) is 0 Å². The number of halogens is 1. The van der Waals surface area contributed by atoms with E-state index in [0.717, 1.165) is 36.6 Å². The lowest BCUT2D eigenvalue weighted by Gasteiger charge is -2.60. The molecule has 4 saturated carbocycles. The molecule has 7 heteroatoms. The number of anilines is 1. The Bertz CT molecular complexity index is 810. The zero-order chi connectivity index (χ0) is 19.9. The number of para-hydroxylation sites is 1. The number of amides is 2. The Morgan fingerprint density at radius 1 is 1.14 bits per heavy atom. The van der Waals surface area contributed by atoms with Gasteiger partial charge in [-0.05, 0) is 78.4 Å². The Balaban J connectivity index is 1.41. The molecule has 4 aliphatic carbocycles. The van der Waals surface area contributed by atoms with E-state index in [4.69, 9.17) is 4.74 Å². The van der Waals surface area contributed by atoms with Gasteiger partial charge in [0.15, 0.2) is 6.61 Å². The third-order valence-electron chi connectivity index (χ3n) is 6.42. The largest absolute Gasteiger partial charge is 0.455 e. The second-order valence-electron chi connectivity index (χ2n) is 8.81. The summed E-state index contributed by atoms with van der Waals surface area (Å²) >= 11 is 3.38. The quantitative estimate of drug-likeness (QED) is 0.675. The molecule has 2 amide bonds. The van der Waals surface area contributed by atoms with E-state index in [1.807, 2.05) is 18.2 Å². The van der Waals surface area contributed by atoms with E-state index in [1.54, 1.807) is 6.07 Å². The average molecular weight is 449 g/mol. The van der Waals surface area contributed by atoms with E-state index >= 15 is 0 Å². The van der Waals surface area contributed by atoms with E-state index in [0.29, 0.717) is 23.9 Å². The van der Waals surface area contributed by atoms with Gasteiger partial charge in [-0.3, -0.25) is 14.4 Å². The number of benzene rings is 1. The third-order valence-corrected chi connectivity index (χ3v) is 7.11. The van der Waals surface area contributed by atoms with Crippen LogP contribution >= 0.6 is 15.9 Å². The predicted molar refractivity (Wildman–Crippen MR) is 107 cm³/mol. The molecule has 4 fully saturated rings. The molecule has 28 heavy (non-hydrogen) atoms. The van der Waals surface area contributed by atoms with Crippen molar-refractivity contribution in [2.45, 2.75) is 51.0 Å². The molecule has 4 bridgehead atoms. The number of hydrogen-bond acceptors (Lipinski definition) is 4. The molecule has 4 aliphatic rings. The second-order valence-corrected chi connectivity index (χ2v) is 9.66. The highest BCUT2D eigenvalue weighted by Crippen LogP contribution is 2.62. The lowest BCUT2D eigenvalue weighted by Crippen LogP contribution is -2.64. The number of hydrogen-bond donors (Lipinski definition) is 2. The zero-order valence-electron chi connectivity index (χ0n) is 15.9. The van der Waals surface area contributed by atoms with Crippen LogP contribution in [0.15, 0.2) is 28.7 Å². The maximum atomic E-state index is 13.0. The number of esters is 1. The van der Waals surface area contributed by atoms with Gasteiger partial charge in [0, 0.05) is 16.9 Å². The van der Waals surface area contributed by atoms with Crippen LogP contribution in [0.3, 0.4) is 0 Å². The first-order chi connectivity index (χ1) is 13.3. The minimum Gasteiger partial charge on any atom is -0.455 e. The fourth-order valence-corrected chi connectivity index (χ4v) is 6.44. The molecule has 0 unspecified atom stereocenters. The smallest absolute Gasteiger partial charge is 0.312 e. The predicted octanol–water partition coefficient (Wildman–Crippen LogP) is 3.41. The maximum Gasteiger partial charge on any atom is 0.312 e. The van der Waals surface area contributed by atoms with Crippen LogP contribution in [-0.2, 0) is 19.1 Å². The molecule has 0 aliphatic heterocycles. The van der Waals surface area contributed by atoms with Gasteiger partial charge in [0.1, 0.15) is 0 Å².